The van der Waals surface area contributed by atoms with E-state index >= 15 is 0 Å². The molecule has 0 amide bonds. The molecule has 3 nitrogen and oxygen atoms in total. The monoisotopic (exact) mass is 538 g/mol. The van der Waals surface area contributed by atoms with E-state index in [1.54, 1.807) is 0 Å². The molecule has 38 heavy (non-hydrogen) atoms. The van der Waals surface area contributed by atoms with Crippen LogP contribution < -0.4 is 5.32 Å². The van der Waals surface area contributed by atoms with Crippen molar-refractivity contribution in [3.63, 3.8) is 0 Å². The molecule has 0 heterocycles. The molecule has 3 heteroatoms. The van der Waals surface area contributed by atoms with E-state index in [0.717, 1.165) is 38.1 Å². The quantitative estimate of drug-likeness (QED) is 0.0731. The van der Waals surface area contributed by atoms with Crippen molar-refractivity contribution >= 4 is 5.97 Å². The third-order valence-corrected chi connectivity index (χ3v) is 8.66. The molecule has 0 aromatic carbocycles. The van der Waals surface area contributed by atoms with Crippen molar-refractivity contribution in [2.45, 2.75) is 194 Å². The van der Waals surface area contributed by atoms with Crippen molar-refractivity contribution in [3.05, 3.63) is 0 Å². The van der Waals surface area contributed by atoms with E-state index in [-0.39, 0.29) is 18.0 Å². The Morgan fingerprint density at radius 3 is 1.42 bits per heavy atom. The lowest BCUT2D eigenvalue weighted by atomic mass is 9.92. The van der Waals surface area contributed by atoms with Crippen LogP contribution in [0.15, 0.2) is 0 Å². The summed E-state index contributed by atoms with van der Waals surface area (Å²) >= 11 is 0. The maximum absolute atomic E-state index is 12.8. The van der Waals surface area contributed by atoms with Crippen LogP contribution in [0.1, 0.15) is 188 Å². The Morgan fingerprint density at radius 1 is 0.553 bits per heavy atom. The van der Waals surface area contributed by atoms with Gasteiger partial charge in [0.1, 0.15) is 6.10 Å². The number of esters is 1. The second-order valence-electron chi connectivity index (χ2n) is 12.1. The van der Waals surface area contributed by atoms with E-state index in [4.69, 9.17) is 4.74 Å². The summed E-state index contributed by atoms with van der Waals surface area (Å²) in [7, 11) is 1.96. The largest absolute Gasteiger partial charge is 0.462 e. The number of unbranched alkanes of at least 4 members (excludes halogenated alkanes) is 15. The lowest BCUT2D eigenvalue weighted by Crippen LogP contribution is -2.26. The molecule has 1 N–H and O–H groups in total. The van der Waals surface area contributed by atoms with E-state index in [1.165, 1.54) is 135 Å². The number of hydrogen-bond donors (Lipinski definition) is 1. The van der Waals surface area contributed by atoms with Gasteiger partial charge in [-0.15, -0.1) is 0 Å². The molecule has 0 saturated carbocycles. The van der Waals surface area contributed by atoms with Gasteiger partial charge in [0.25, 0.3) is 0 Å². The normalized spacial score (nSPS) is 13.9. The van der Waals surface area contributed by atoms with E-state index in [2.05, 4.69) is 33.0 Å². The predicted octanol–water partition coefficient (Wildman–Crippen LogP) is 11.2. The van der Waals surface area contributed by atoms with Crippen molar-refractivity contribution < 1.29 is 9.53 Å². The topological polar surface area (TPSA) is 38.3 Å². The fourth-order valence-corrected chi connectivity index (χ4v) is 5.76. The van der Waals surface area contributed by atoms with Crippen LogP contribution >= 0.6 is 0 Å². The second kappa shape index (κ2) is 29.4. The minimum absolute atomic E-state index is 0.0444. The standard InChI is InChI=1S/C35H71NO2/c1-6-10-12-13-16-20-24-28-34(38-35(37)33(9-4)30-31-36-5)29-25-21-18-15-14-17-19-23-27-32(8-3)26-22-11-7-2/h32-34,36H,6-31H2,1-5H3. The fraction of sp³-hybridized carbons (Fsp3) is 0.971. The highest BCUT2D eigenvalue weighted by molar-refractivity contribution is 5.72. The Morgan fingerprint density at radius 2 is 0.974 bits per heavy atom. The molecule has 0 aliphatic heterocycles. The fourth-order valence-electron chi connectivity index (χ4n) is 5.76. The summed E-state index contributed by atoms with van der Waals surface area (Å²) in [5, 5.41) is 3.18. The van der Waals surface area contributed by atoms with Crippen molar-refractivity contribution in [1.29, 1.82) is 0 Å². The first-order valence-corrected chi connectivity index (χ1v) is 17.5. The van der Waals surface area contributed by atoms with Crippen molar-refractivity contribution in [1.82, 2.24) is 5.32 Å². The Hall–Kier alpha value is -0.570. The molecule has 0 fully saturated rings. The first-order valence-electron chi connectivity index (χ1n) is 17.5. The second-order valence-corrected chi connectivity index (χ2v) is 12.1. The van der Waals surface area contributed by atoms with Gasteiger partial charge in [0.15, 0.2) is 0 Å². The Kier molecular flexibility index (Phi) is 29.0. The summed E-state index contributed by atoms with van der Waals surface area (Å²) in [5.41, 5.74) is 0. The zero-order chi connectivity index (χ0) is 28.1. The van der Waals surface area contributed by atoms with Crippen LogP contribution in [0.4, 0.5) is 0 Å². The average Bonchev–Trinajstić information content (AvgIpc) is 2.92. The van der Waals surface area contributed by atoms with Crippen molar-refractivity contribution in [2.75, 3.05) is 13.6 Å². The summed E-state index contributed by atoms with van der Waals surface area (Å²) in [4.78, 5) is 12.8. The van der Waals surface area contributed by atoms with Crippen molar-refractivity contribution in [2.24, 2.45) is 11.8 Å². The zero-order valence-corrected chi connectivity index (χ0v) is 26.9. The number of carbonyl (C=O) groups excluding carboxylic acids is 1. The summed E-state index contributed by atoms with van der Waals surface area (Å²) in [6, 6.07) is 0. The summed E-state index contributed by atoms with van der Waals surface area (Å²) in [6.45, 7) is 9.96. The lowest BCUT2D eigenvalue weighted by Gasteiger charge is -2.21. The minimum Gasteiger partial charge on any atom is -0.462 e. The maximum Gasteiger partial charge on any atom is 0.309 e. The zero-order valence-electron chi connectivity index (χ0n) is 26.9. The first-order chi connectivity index (χ1) is 18.6. The Bertz CT molecular complexity index is 481. The molecule has 0 aromatic heterocycles. The van der Waals surface area contributed by atoms with Gasteiger partial charge in [-0.05, 0) is 58.0 Å². The van der Waals surface area contributed by atoms with Gasteiger partial charge in [-0.1, -0.05) is 150 Å². The number of nitrogens with one attached hydrogen (secondary N) is 1. The summed E-state index contributed by atoms with van der Waals surface area (Å²) in [5.74, 6) is 1.06. The maximum atomic E-state index is 12.8. The summed E-state index contributed by atoms with van der Waals surface area (Å²) < 4.78 is 6.11. The van der Waals surface area contributed by atoms with Gasteiger partial charge in [-0.3, -0.25) is 4.79 Å². The highest BCUT2D eigenvalue weighted by Crippen LogP contribution is 2.22. The van der Waals surface area contributed by atoms with E-state index in [0.29, 0.717) is 0 Å². The van der Waals surface area contributed by atoms with Crippen LogP contribution in [0.25, 0.3) is 0 Å². The molecule has 228 valence electrons. The first kappa shape index (κ1) is 37.4. The Balaban J connectivity index is 4.14. The van der Waals surface area contributed by atoms with Crippen LogP contribution in [0, 0.1) is 11.8 Å². The third kappa shape index (κ3) is 23.3. The van der Waals surface area contributed by atoms with Gasteiger partial charge >= 0.3 is 5.97 Å². The molecule has 0 spiro atoms. The summed E-state index contributed by atoms with van der Waals surface area (Å²) in [6.07, 6.45) is 32.6. The molecular formula is C35H71NO2. The molecule has 3 unspecified atom stereocenters. The molecule has 0 aliphatic carbocycles. The Labute approximate surface area is 240 Å². The molecule has 3 atom stereocenters. The molecule has 0 aliphatic rings. The van der Waals surface area contributed by atoms with Crippen LogP contribution in [0.3, 0.4) is 0 Å². The van der Waals surface area contributed by atoms with Gasteiger partial charge in [0, 0.05) is 0 Å². The third-order valence-electron chi connectivity index (χ3n) is 8.66. The van der Waals surface area contributed by atoms with Crippen LogP contribution in [0.5, 0.6) is 0 Å². The number of hydrogen-bond acceptors (Lipinski definition) is 3. The molecule has 0 radical (unpaired) electrons. The van der Waals surface area contributed by atoms with E-state index in [1.807, 2.05) is 7.05 Å². The number of ether oxygens (including phenoxy) is 1. The van der Waals surface area contributed by atoms with Gasteiger partial charge in [-0.25, -0.2) is 0 Å². The van der Waals surface area contributed by atoms with Crippen LogP contribution in [0.2, 0.25) is 0 Å². The lowest BCUT2D eigenvalue weighted by molar-refractivity contribution is -0.155. The minimum atomic E-state index is 0.0444. The highest BCUT2D eigenvalue weighted by Gasteiger charge is 2.21. The van der Waals surface area contributed by atoms with E-state index in [9.17, 15) is 4.79 Å². The highest BCUT2D eigenvalue weighted by atomic mass is 16.5. The molecule has 0 saturated heterocycles. The van der Waals surface area contributed by atoms with E-state index < -0.39 is 0 Å². The van der Waals surface area contributed by atoms with Crippen molar-refractivity contribution in [3.8, 4) is 0 Å². The van der Waals surface area contributed by atoms with Gasteiger partial charge in [0.2, 0.25) is 0 Å². The van der Waals surface area contributed by atoms with Gasteiger partial charge in [-0.2, -0.15) is 0 Å². The molecule has 0 bridgehead atoms. The predicted molar refractivity (Wildman–Crippen MR) is 169 cm³/mol. The SMILES string of the molecule is CCCCCCCCCC(CCCCCCCCCCC(CC)CCCCC)OC(=O)C(CC)CCNC. The number of rotatable bonds is 30. The van der Waals surface area contributed by atoms with Gasteiger partial charge < -0.3 is 10.1 Å². The van der Waals surface area contributed by atoms with Crippen LogP contribution in [-0.2, 0) is 9.53 Å². The van der Waals surface area contributed by atoms with Crippen LogP contribution in [-0.4, -0.2) is 25.7 Å². The number of carbonyl (C=O) groups is 1. The smallest absolute Gasteiger partial charge is 0.309 e. The molecular weight excluding hydrogens is 466 g/mol. The molecule has 0 rings (SSSR count). The average molecular weight is 538 g/mol. The molecule has 0 aromatic rings. The van der Waals surface area contributed by atoms with Gasteiger partial charge in [0.05, 0.1) is 5.92 Å².